The van der Waals surface area contributed by atoms with Gasteiger partial charge in [0.2, 0.25) is 5.91 Å². The average molecular weight is 561 g/mol. The van der Waals surface area contributed by atoms with E-state index in [4.69, 9.17) is 28.6 Å². The number of para-hydroxylation sites is 1. The highest BCUT2D eigenvalue weighted by atomic mass is 35.5. The van der Waals surface area contributed by atoms with Crippen molar-refractivity contribution < 1.29 is 19.2 Å². The lowest BCUT2D eigenvalue weighted by Crippen LogP contribution is -2.49. The third-order valence-electron chi connectivity index (χ3n) is 6.50. The van der Waals surface area contributed by atoms with Crippen molar-refractivity contribution in [1.29, 1.82) is 0 Å². The molecule has 0 spiro atoms. The predicted molar refractivity (Wildman–Crippen MR) is 150 cm³/mol. The van der Waals surface area contributed by atoms with Crippen LogP contribution in [0.2, 0.25) is 5.02 Å². The van der Waals surface area contributed by atoms with Crippen molar-refractivity contribution >= 4 is 63.5 Å². The summed E-state index contributed by atoms with van der Waals surface area (Å²) in [7, 11) is 0. The number of morpholine rings is 1. The number of hydrogen-bond acceptors (Lipinski definition) is 8. The molecule has 4 rings (SSSR count). The molecule has 2 aromatic rings. The van der Waals surface area contributed by atoms with Gasteiger partial charge in [0, 0.05) is 57.3 Å². The summed E-state index contributed by atoms with van der Waals surface area (Å²) in [6.07, 6.45) is 0.464. The number of carbonyl (C=O) groups is 2. The van der Waals surface area contributed by atoms with Crippen LogP contribution in [0.15, 0.2) is 36.4 Å². The maximum atomic E-state index is 12.9. The molecule has 13 heteroatoms. The number of anilines is 3. The average Bonchev–Trinajstić information content (AvgIpc) is 2.93. The molecule has 2 saturated heterocycles. The van der Waals surface area contributed by atoms with E-state index in [-0.39, 0.29) is 22.3 Å². The minimum Gasteiger partial charge on any atom is -0.378 e. The summed E-state index contributed by atoms with van der Waals surface area (Å²) in [5, 5.41) is 17.9. The zero-order chi connectivity index (χ0) is 27.2. The van der Waals surface area contributed by atoms with E-state index in [9.17, 15) is 19.7 Å². The first-order valence-electron chi connectivity index (χ1n) is 12.3. The van der Waals surface area contributed by atoms with Crippen LogP contribution < -0.4 is 20.4 Å². The van der Waals surface area contributed by atoms with E-state index in [1.807, 2.05) is 16.7 Å². The number of halogens is 1. The smallest absolute Gasteiger partial charge is 0.293 e. The van der Waals surface area contributed by atoms with Gasteiger partial charge in [-0.15, -0.1) is 0 Å². The van der Waals surface area contributed by atoms with Crippen LogP contribution >= 0.6 is 23.8 Å². The molecule has 2 amide bonds. The second-order valence-corrected chi connectivity index (χ2v) is 9.64. The van der Waals surface area contributed by atoms with E-state index in [1.165, 1.54) is 12.1 Å². The lowest BCUT2D eigenvalue weighted by atomic mass is 10.1. The van der Waals surface area contributed by atoms with Crippen LogP contribution in [0.5, 0.6) is 0 Å². The molecule has 2 aliphatic heterocycles. The fraction of sp³-hybridized carbons (Fsp3) is 0.400. The second-order valence-electron chi connectivity index (χ2n) is 8.83. The summed E-state index contributed by atoms with van der Waals surface area (Å²) in [6.45, 7) is 6.24. The van der Waals surface area contributed by atoms with Crippen LogP contribution in [-0.2, 0) is 9.53 Å². The number of nitro benzene ring substituents is 1. The van der Waals surface area contributed by atoms with Crippen molar-refractivity contribution in [3.05, 3.63) is 57.1 Å². The van der Waals surface area contributed by atoms with Crippen LogP contribution in [0, 0.1) is 10.1 Å². The molecule has 202 valence electrons. The number of rotatable bonds is 6. The molecule has 2 heterocycles. The van der Waals surface area contributed by atoms with Crippen LogP contribution in [-0.4, -0.2) is 79.2 Å². The minimum atomic E-state index is -0.575. The Kier molecular flexibility index (Phi) is 8.97. The lowest BCUT2D eigenvalue weighted by molar-refractivity contribution is -0.384. The Morgan fingerprint density at radius 1 is 1.08 bits per heavy atom. The van der Waals surface area contributed by atoms with Gasteiger partial charge in [-0.3, -0.25) is 25.0 Å². The molecule has 2 aromatic carbocycles. The Bertz CT molecular complexity index is 1230. The number of carbonyl (C=O) groups excluding carboxylic acids is 2. The first kappa shape index (κ1) is 27.6. The molecule has 0 radical (unpaired) electrons. The van der Waals surface area contributed by atoms with Gasteiger partial charge in [-0.25, -0.2) is 0 Å². The monoisotopic (exact) mass is 560 g/mol. The van der Waals surface area contributed by atoms with E-state index in [0.717, 1.165) is 5.69 Å². The molecular weight excluding hydrogens is 532 g/mol. The van der Waals surface area contributed by atoms with Gasteiger partial charge in [0.1, 0.15) is 5.69 Å². The summed E-state index contributed by atoms with van der Waals surface area (Å²) >= 11 is 11.9. The summed E-state index contributed by atoms with van der Waals surface area (Å²) < 4.78 is 5.33. The van der Waals surface area contributed by atoms with E-state index >= 15 is 0 Å². The first-order chi connectivity index (χ1) is 18.3. The van der Waals surface area contributed by atoms with Gasteiger partial charge in [0.05, 0.1) is 34.5 Å². The number of thiocarbonyl (C=S) groups is 1. The molecule has 0 bridgehead atoms. The maximum absolute atomic E-state index is 12.9. The SMILES string of the molecule is CCC(=O)N1CCN(c2c(Cl)cccc2NC(=S)NC(=O)c2ccc(N3CCOCC3)c([N+](=O)[O-])c2)CC1. The van der Waals surface area contributed by atoms with E-state index in [0.29, 0.717) is 75.3 Å². The number of benzene rings is 2. The number of nitrogens with zero attached hydrogens (tertiary/aromatic N) is 4. The molecule has 0 aliphatic carbocycles. The fourth-order valence-corrected chi connectivity index (χ4v) is 5.05. The van der Waals surface area contributed by atoms with Crippen molar-refractivity contribution in [1.82, 2.24) is 10.2 Å². The molecule has 38 heavy (non-hydrogen) atoms. The van der Waals surface area contributed by atoms with E-state index < -0.39 is 10.8 Å². The zero-order valence-electron chi connectivity index (χ0n) is 20.9. The molecule has 0 unspecified atom stereocenters. The van der Waals surface area contributed by atoms with Crippen molar-refractivity contribution in [2.45, 2.75) is 13.3 Å². The summed E-state index contributed by atoms with van der Waals surface area (Å²) in [5.41, 5.74) is 1.73. The molecule has 0 saturated carbocycles. The molecule has 0 aromatic heterocycles. The van der Waals surface area contributed by atoms with Crippen LogP contribution in [0.25, 0.3) is 0 Å². The fourth-order valence-electron chi connectivity index (χ4n) is 4.55. The van der Waals surface area contributed by atoms with Gasteiger partial charge in [0.15, 0.2) is 5.11 Å². The summed E-state index contributed by atoms with van der Waals surface area (Å²) in [5.74, 6) is -0.460. The first-order valence-corrected chi connectivity index (χ1v) is 13.1. The van der Waals surface area contributed by atoms with E-state index in [1.54, 1.807) is 24.3 Å². The highest BCUT2D eigenvalue weighted by Crippen LogP contribution is 2.35. The molecule has 0 atom stereocenters. The van der Waals surface area contributed by atoms with Gasteiger partial charge in [-0.1, -0.05) is 24.6 Å². The van der Waals surface area contributed by atoms with Gasteiger partial charge >= 0.3 is 0 Å². The number of nitrogens with one attached hydrogen (secondary N) is 2. The Morgan fingerprint density at radius 2 is 1.79 bits per heavy atom. The van der Waals surface area contributed by atoms with Gasteiger partial charge in [-0.2, -0.15) is 0 Å². The Balaban J connectivity index is 1.45. The van der Waals surface area contributed by atoms with Gasteiger partial charge in [0.25, 0.3) is 11.6 Å². The van der Waals surface area contributed by atoms with Crippen LogP contribution in [0.3, 0.4) is 0 Å². The topological polar surface area (TPSA) is 120 Å². The molecule has 2 aliphatic rings. The lowest BCUT2D eigenvalue weighted by Gasteiger charge is -2.37. The Hall–Kier alpha value is -3.48. The highest BCUT2D eigenvalue weighted by Gasteiger charge is 2.25. The number of hydrogen-bond donors (Lipinski definition) is 2. The molecule has 2 N–H and O–H groups in total. The zero-order valence-corrected chi connectivity index (χ0v) is 22.5. The number of amides is 2. The second kappa shape index (κ2) is 12.4. The molecular formula is C25H29ClN6O5S. The molecule has 2 fully saturated rings. The summed E-state index contributed by atoms with van der Waals surface area (Å²) in [4.78, 5) is 42.0. The van der Waals surface area contributed by atoms with Crippen LogP contribution in [0.4, 0.5) is 22.7 Å². The normalized spacial score (nSPS) is 15.7. The van der Waals surface area contributed by atoms with Crippen molar-refractivity contribution in [2.24, 2.45) is 0 Å². The van der Waals surface area contributed by atoms with Gasteiger partial charge in [-0.05, 0) is 36.5 Å². The highest BCUT2D eigenvalue weighted by molar-refractivity contribution is 7.80. The van der Waals surface area contributed by atoms with Crippen LogP contribution in [0.1, 0.15) is 23.7 Å². The number of piperazine rings is 1. The Morgan fingerprint density at radius 3 is 2.45 bits per heavy atom. The standard InChI is InChI=1S/C25H29ClN6O5S/c1-2-22(33)30-8-10-31(11-9-30)23-18(26)4-3-5-19(23)27-25(38)28-24(34)17-6-7-20(21(16-17)32(35)36)29-12-14-37-15-13-29/h3-7,16H,2,8-15H2,1H3,(H2,27,28,34,38). The third-order valence-corrected chi connectivity index (χ3v) is 7.01. The van der Waals surface area contributed by atoms with Gasteiger partial charge < -0.3 is 24.8 Å². The van der Waals surface area contributed by atoms with Crippen molar-refractivity contribution in [3.63, 3.8) is 0 Å². The van der Waals surface area contributed by atoms with E-state index in [2.05, 4.69) is 15.5 Å². The maximum Gasteiger partial charge on any atom is 0.293 e. The van der Waals surface area contributed by atoms with Crippen molar-refractivity contribution in [2.75, 3.05) is 67.6 Å². The Labute approximate surface area is 230 Å². The van der Waals surface area contributed by atoms with Crippen molar-refractivity contribution in [3.8, 4) is 0 Å². The number of ether oxygens (including phenoxy) is 1. The third kappa shape index (κ3) is 6.32. The quantitative estimate of drug-likeness (QED) is 0.311. The summed E-state index contributed by atoms with van der Waals surface area (Å²) in [6, 6.07) is 9.70. The minimum absolute atomic E-state index is 0.0261. The largest absolute Gasteiger partial charge is 0.378 e. The predicted octanol–water partition coefficient (Wildman–Crippen LogP) is 3.27. The molecule has 11 nitrogen and oxygen atoms in total. The number of nitro groups is 1.